The van der Waals surface area contributed by atoms with Gasteiger partial charge in [0.2, 0.25) is 11.2 Å². The number of aromatic hydroxyl groups is 1. The molecule has 0 aliphatic carbocycles. The molecular weight excluding hydrogens is 507 g/mol. The highest BCUT2D eigenvalue weighted by atomic mass is 19.2. The van der Waals surface area contributed by atoms with Gasteiger partial charge in [0.15, 0.2) is 34.7 Å². The summed E-state index contributed by atoms with van der Waals surface area (Å²) in [4.78, 5) is 26.8. The van der Waals surface area contributed by atoms with E-state index < -0.39 is 46.9 Å². The second-order valence-corrected chi connectivity index (χ2v) is 8.86. The number of nitrogens with zero attached hydrogens (tertiary/aromatic N) is 1. The van der Waals surface area contributed by atoms with E-state index in [4.69, 9.17) is 13.9 Å². The molecule has 1 aliphatic rings. The van der Waals surface area contributed by atoms with Crippen LogP contribution < -0.4 is 14.9 Å². The maximum absolute atomic E-state index is 14.0. The van der Waals surface area contributed by atoms with Crippen LogP contribution in [0, 0.1) is 17.5 Å². The van der Waals surface area contributed by atoms with E-state index in [2.05, 4.69) is 4.74 Å². The molecule has 0 fully saturated rings. The molecule has 2 aromatic carbocycles. The zero-order chi connectivity index (χ0) is 27.6. The Kier molecular flexibility index (Phi) is 7.96. The van der Waals surface area contributed by atoms with Crippen LogP contribution in [0.25, 0.3) is 0 Å². The van der Waals surface area contributed by atoms with Gasteiger partial charge < -0.3 is 23.7 Å². The fourth-order valence-corrected chi connectivity index (χ4v) is 4.55. The van der Waals surface area contributed by atoms with Crippen LogP contribution in [0.1, 0.15) is 40.5 Å². The summed E-state index contributed by atoms with van der Waals surface area (Å²) in [6.07, 6.45) is 0.156. The van der Waals surface area contributed by atoms with Crippen molar-refractivity contribution in [3.05, 3.63) is 86.2 Å². The fraction of sp³-hybridized carbons (Fsp3) is 0.333. The Hall–Kier alpha value is -3.99. The van der Waals surface area contributed by atoms with Crippen molar-refractivity contribution in [2.75, 3.05) is 27.9 Å². The Morgan fingerprint density at radius 3 is 2.26 bits per heavy atom. The minimum atomic E-state index is -1.69. The van der Waals surface area contributed by atoms with Crippen molar-refractivity contribution in [3.8, 4) is 17.2 Å². The number of esters is 1. The molecule has 2 heterocycles. The van der Waals surface area contributed by atoms with Crippen molar-refractivity contribution < 1.29 is 41.7 Å². The minimum absolute atomic E-state index is 0.157. The molecule has 8 nitrogen and oxygen atoms in total. The number of hydrogen-bond acceptors (Lipinski definition) is 8. The molecule has 0 radical (unpaired) electrons. The Morgan fingerprint density at radius 2 is 1.66 bits per heavy atom. The van der Waals surface area contributed by atoms with Crippen LogP contribution in [0.3, 0.4) is 0 Å². The number of hydrogen-bond donors (Lipinski definition) is 1. The molecule has 3 aromatic rings. The smallest absolute Gasteiger partial charge is 0.306 e. The van der Waals surface area contributed by atoms with Crippen molar-refractivity contribution in [1.82, 2.24) is 4.90 Å². The molecule has 0 unspecified atom stereocenters. The third-order valence-electron chi connectivity index (χ3n) is 6.50. The average Bonchev–Trinajstić information content (AvgIpc) is 2.91. The standard InChI is InChI=1S/C27H26F3NO7/c1-35-22-8-14-4-5-31(12-16(14)9-23(22)36-2)13-17-10-21(32)26(34)27(38-17)18(11-24(33)37-3)15-6-19(28)25(30)20(29)7-15/h6-10,18,34H,4-5,11-13H2,1-3H3/t18-/m1/s1. The number of fused-ring (bicyclic) bond motifs is 1. The van der Waals surface area contributed by atoms with Gasteiger partial charge in [-0.25, -0.2) is 13.2 Å². The molecule has 11 heteroatoms. The van der Waals surface area contributed by atoms with E-state index in [1.807, 2.05) is 17.0 Å². The first-order valence-electron chi connectivity index (χ1n) is 11.7. The zero-order valence-corrected chi connectivity index (χ0v) is 21.0. The summed E-state index contributed by atoms with van der Waals surface area (Å²) < 4.78 is 62.9. The van der Waals surface area contributed by atoms with Crippen LogP contribution in [0.4, 0.5) is 13.2 Å². The predicted octanol–water partition coefficient (Wildman–Crippen LogP) is 4.03. The molecule has 1 N–H and O–H groups in total. The first-order valence-corrected chi connectivity index (χ1v) is 11.7. The quantitative estimate of drug-likeness (QED) is 0.342. The predicted molar refractivity (Wildman–Crippen MR) is 129 cm³/mol. The summed E-state index contributed by atoms with van der Waals surface area (Å²) in [7, 11) is 4.21. The van der Waals surface area contributed by atoms with Gasteiger partial charge in [-0.15, -0.1) is 0 Å². The molecule has 1 aromatic heterocycles. The monoisotopic (exact) mass is 533 g/mol. The van der Waals surface area contributed by atoms with Crippen molar-refractivity contribution in [1.29, 1.82) is 0 Å². The number of rotatable bonds is 8. The summed E-state index contributed by atoms with van der Waals surface area (Å²) >= 11 is 0. The number of methoxy groups -OCH3 is 3. The van der Waals surface area contributed by atoms with Crippen LogP contribution in [-0.4, -0.2) is 43.8 Å². The second kappa shape index (κ2) is 11.2. The van der Waals surface area contributed by atoms with Gasteiger partial charge in [0, 0.05) is 19.2 Å². The molecule has 0 saturated heterocycles. The van der Waals surface area contributed by atoms with Gasteiger partial charge in [-0.2, -0.15) is 0 Å². The Labute approximate surface area is 216 Å². The minimum Gasteiger partial charge on any atom is -0.502 e. The van der Waals surface area contributed by atoms with E-state index in [1.165, 1.54) is 0 Å². The van der Waals surface area contributed by atoms with Gasteiger partial charge in [0.25, 0.3) is 0 Å². The second-order valence-electron chi connectivity index (χ2n) is 8.86. The van der Waals surface area contributed by atoms with Crippen LogP contribution in [0.5, 0.6) is 17.2 Å². The number of carbonyl (C=O) groups is 1. The Morgan fingerprint density at radius 1 is 1.03 bits per heavy atom. The van der Waals surface area contributed by atoms with Gasteiger partial charge in [-0.05, 0) is 47.4 Å². The molecule has 202 valence electrons. The normalized spacial score (nSPS) is 14.1. The lowest BCUT2D eigenvalue weighted by Crippen LogP contribution is -2.30. The van der Waals surface area contributed by atoms with E-state index in [9.17, 15) is 27.9 Å². The van der Waals surface area contributed by atoms with Gasteiger partial charge in [0.05, 0.1) is 40.2 Å². The topological polar surface area (TPSA) is 98.4 Å². The molecule has 0 amide bonds. The van der Waals surface area contributed by atoms with Crippen molar-refractivity contribution >= 4 is 5.97 Å². The van der Waals surface area contributed by atoms with Gasteiger partial charge in [-0.1, -0.05) is 0 Å². The number of carbonyl (C=O) groups excluding carboxylic acids is 1. The van der Waals surface area contributed by atoms with E-state index in [-0.39, 0.29) is 23.6 Å². The first kappa shape index (κ1) is 27.1. The van der Waals surface area contributed by atoms with Crippen LogP contribution in [0.15, 0.2) is 39.5 Å². The van der Waals surface area contributed by atoms with Crippen LogP contribution >= 0.6 is 0 Å². The summed E-state index contributed by atoms with van der Waals surface area (Å²) in [6, 6.07) is 6.28. The molecular formula is C27H26F3NO7. The SMILES string of the molecule is COC(=O)C[C@H](c1cc(F)c(F)c(F)c1)c1oc(CN2CCc3cc(OC)c(OC)cc3C2)cc(=O)c1O. The van der Waals surface area contributed by atoms with Crippen molar-refractivity contribution in [2.24, 2.45) is 0 Å². The Bertz CT molecular complexity index is 1400. The third-order valence-corrected chi connectivity index (χ3v) is 6.50. The van der Waals surface area contributed by atoms with Crippen LogP contribution in [-0.2, 0) is 29.0 Å². The summed E-state index contributed by atoms with van der Waals surface area (Å²) in [5, 5.41) is 10.5. The maximum atomic E-state index is 14.0. The number of halogens is 3. The molecule has 1 aliphatic heterocycles. The maximum Gasteiger partial charge on any atom is 0.306 e. The van der Waals surface area contributed by atoms with Crippen LogP contribution in [0.2, 0.25) is 0 Å². The lowest BCUT2D eigenvalue weighted by atomic mass is 9.92. The fourth-order valence-electron chi connectivity index (χ4n) is 4.55. The molecule has 38 heavy (non-hydrogen) atoms. The molecule has 1 atom stereocenters. The highest BCUT2D eigenvalue weighted by molar-refractivity contribution is 5.71. The number of benzene rings is 2. The first-order chi connectivity index (χ1) is 18.1. The molecule has 0 bridgehead atoms. The lowest BCUT2D eigenvalue weighted by Gasteiger charge is -2.29. The molecule has 0 saturated carbocycles. The number of ether oxygens (including phenoxy) is 3. The summed E-state index contributed by atoms with van der Waals surface area (Å²) in [6.45, 7) is 1.27. The summed E-state index contributed by atoms with van der Waals surface area (Å²) in [5.74, 6) is -6.65. The summed E-state index contributed by atoms with van der Waals surface area (Å²) in [5.41, 5.74) is 1.07. The lowest BCUT2D eigenvalue weighted by molar-refractivity contribution is -0.140. The van der Waals surface area contributed by atoms with Gasteiger partial charge >= 0.3 is 5.97 Å². The van der Waals surface area contributed by atoms with E-state index >= 15 is 0 Å². The Balaban J connectivity index is 1.68. The average molecular weight is 533 g/mol. The van der Waals surface area contributed by atoms with Crippen molar-refractivity contribution in [3.63, 3.8) is 0 Å². The highest BCUT2D eigenvalue weighted by Gasteiger charge is 2.29. The van der Waals surface area contributed by atoms with Gasteiger partial charge in [-0.3, -0.25) is 14.5 Å². The van der Waals surface area contributed by atoms with Crippen molar-refractivity contribution in [2.45, 2.75) is 31.8 Å². The van der Waals surface area contributed by atoms with Gasteiger partial charge in [0.1, 0.15) is 5.76 Å². The zero-order valence-electron chi connectivity index (χ0n) is 21.0. The molecule has 0 spiro atoms. The molecule has 4 rings (SSSR count). The highest BCUT2D eigenvalue weighted by Crippen LogP contribution is 2.36. The van der Waals surface area contributed by atoms with E-state index in [1.54, 1.807) is 14.2 Å². The van der Waals surface area contributed by atoms with E-state index in [0.717, 1.165) is 24.3 Å². The largest absolute Gasteiger partial charge is 0.502 e. The third kappa shape index (κ3) is 5.47. The van der Waals surface area contributed by atoms with E-state index in [0.29, 0.717) is 43.1 Å².